The Balaban J connectivity index is 2.18. The molecule has 1 amide bonds. The quantitative estimate of drug-likeness (QED) is 0.851. The van der Waals surface area contributed by atoms with Gasteiger partial charge in [0.05, 0.1) is 18.7 Å². The zero-order valence-corrected chi connectivity index (χ0v) is 12.6. The molecule has 0 aliphatic rings. The molecule has 0 heterocycles. The second kappa shape index (κ2) is 6.50. The van der Waals surface area contributed by atoms with Gasteiger partial charge < -0.3 is 15.8 Å². The van der Waals surface area contributed by atoms with Crippen LogP contribution in [0, 0.1) is 0 Å². The van der Waals surface area contributed by atoms with Crippen LogP contribution in [0.15, 0.2) is 42.5 Å². The highest BCUT2D eigenvalue weighted by molar-refractivity contribution is 6.30. The Kier molecular flexibility index (Phi) is 4.70. The number of amides is 1. The summed E-state index contributed by atoms with van der Waals surface area (Å²) < 4.78 is 5.11. The van der Waals surface area contributed by atoms with Crippen LogP contribution in [0.3, 0.4) is 0 Å². The second-order valence-corrected chi connectivity index (χ2v) is 5.14. The lowest BCUT2D eigenvalue weighted by Crippen LogP contribution is -2.27. The van der Waals surface area contributed by atoms with E-state index >= 15 is 0 Å². The Labute approximate surface area is 128 Å². The molecule has 0 fully saturated rings. The molecule has 4 nitrogen and oxygen atoms in total. The summed E-state index contributed by atoms with van der Waals surface area (Å²) in [5.41, 5.74) is 7.57. The van der Waals surface area contributed by atoms with Gasteiger partial charge in [-0.3, -0.25) is 4.79 Å². The summed E-state index contributed by atoms with van der Waals surface area (Å²) in [6.45, 7) is 1.89. The van der Waals surface area contributed by atoms with E-state index in [1.807, 2.05) is 25.1 Å². The van der Waals surface area contributed by atoms with E-state index in [1.165, 1.54) is 0 Å². The fraction of sp³-hybridized carbons (Fsp3) is 0.188. The highest BCUT2D eigenvalue weighted by Crippen LogP contribution is 2.22. The number of halogens is 1. The first-order chi connectivity index (χ1) is 10.0. The Bertz CT molecular complexity index is 658. The van der Waals surface area contributed by atoms with Gasteiger partial charge in [-0.1, -0.05) is 23.7 Å². The van der Waals surface area contributed by atoms with Crippen LogP contribution in [-0.2, 0) is 0 Å². The minimum Gasteiger partial charge on any atom is -0.497 e. The lowest BCUT2D eigenvalue weighted by Gasteiger charge is -2.16. The van der Waals surface area contributed by atoms with Crippen LogP contribution in [0.1, 0.15) is 28.9 Å². The average molecular weight is 305 g/mol. The van der Waals surface area contributed by atoms with Crippen LogP contribution < -0.4 is 15.8 Å². The fourth-order valence-electron chi connectivity index (χ4n) is 1.99. The maximum Gasteiger partial charge on any atom is 0.253 e. The maximum absolute atomic E-state index is 12.3. The number of hydrogen-bond acceptors (Lipinski definition) is 3. The summed E-state index contributed by atoms with van der Waals surface area (Å²) in [5, 5.41) is 3.53. The highest BCUT2D eigenvalue weighted by Gasteiger charge is 2.15. The van der Waals surface area contributed by atoms with Crippen LogP contribution in [0.5, 0.6) is 5.75 Å². The first-order valence-electron chi connectivity index (χ1n) is 6.51. The van der Waals surface area contributed by atoms with Crippen molar-refractivity contribution in [1.82, 2.24) is 5.32 Å². The van der Waals surface area contributed by atoms with Crippen molar-refractivity contribution in [1.29, 1.82) is 0 Å². The van der Waals surface area contributed by atoms with Gasteiger partial charge in [0.25, 0.3) is 5.91 Å². The number of nitrogen functional groups attached to an aromatic ring is 1. The number of carbonyl (C=O) groups is 1. The summed E-state index contributed by atoms with van der Waals surface area (Å²) in [6, 6.07) is 12.2. The molecule has 0 unspecified atom stereocenters. The number of carbonyl (C=O) groups excluding carboxylic acids is 1. The summed E-state index contributed by atoms with van der Waals surface area (Å²) in [5.74, 6) is 0.337. The number of nitrogens with one attached hydrogen (secondary N) is 1. The first kappa shape index (κ1) is 15.2. The first-order valence-corrected chi connectivity index (χ1v) is 6.89. The van der Waals surface area contributed by atoms with Gasteiger partial charge in [0.2, 0.25) is 0 Å². The second-order valence-electron chi connectivity index (χ2n) is 4.70. The Morgan fingerprint density at radius 2 is 2.05 bits per heavy atom. The molecule has 0 aliphatic heterocycles. The Morgan fingerprint density at radius 1 is 1.29 bits per heavy atom. The summed E-state index contributed by atoms with van der Waals surface area (Å²) in [6.07, 6.45) is 0. The monoisotopic (exact) mass is 304 g/mol. The molecule has 0 spiro atoms. The van der Waals surface area contributed by atoms with Gasteiger partial charge in [0, 0.05) is 10.7 Å². The third kappa shape index (κ3) is 3.67. The predicted octanol–water partition coefficient (Wildman–Crippen LogP) is 3.42. The molecule has 5 heteroatoms. The number of rotatable bonds is 4. The number of ether oxygens (including phenoxy) is 1. The van der Waals surface area contributed by atoms with Crippen LogP contribution in [0.4, 0.5) is 5.69 Å². The molecule has 0 bridgehead atoms. The zero-order valence-electron chi connectivity index (χ0n) is 11.9. The van der Waals surface area contributed by atoms with Gasteiger partial charge in [-0.05, 0) is 42.8 Å². The molecular weight excluding hydrogens is 288 g/mol. The zero-order chi connectivity index (χ0) is 15.4. The van der Waals surface area contributed by atoms with Gasteiger partial charge in [0.15, 0.2) is 0 Å². The van der Waals surface area contributed by atoms with Gasteiger partial charge in [-0.2, -0.15) is 0 Å². The van der Waals surface area contributed by atoms with Crippen molar-refractivity contribution in [2.45, 2.75) is 13.0 Å². The molecule has 0 aliphatic carbocycles. The highest BCUT2D eigenvalue weighted by atomic mass is 35.5. The number of methoxy groups -OCH3 is 1. The molecular formula is C16H17ClN2O2. The fourth-order valence-corrected chi connectivity index (χ4v) is 2.19. The summed E-state index contributed by atoms with van der Waals surface area (Å²) >= 11 is 5.96. The molecule has 1 atom stereocenters. The standard InChI is InChI=1S/C16H17ClN2O2/c1-10(11-4-3-5-12(17)8-11)19-16(20)14-9-13(21-2)6-7-15(14)18/h3-10H,18H2,1-2H3,(H,19,20)/t10-/m0/s1. The van der Waals surface area contributed by atoms with Gasteiger partial charge >= 0.3 is 0 Å². The van der Waals surface area contributed by atoms with E-state index in [4.69, 9.17) is 22.1 Å². The summed E-state index contributed by atoms with van der Waals surface area (Å²) in [7, 11) is 1.54. The van der Waals surface area contributed by atoms with Gasteiger partial charge in [-0.15, -0.1) is 0 Å². The SMILES string of the molecule is COc1ccc(N)c(C(=O)N[C@@H](C)c2cccc(Cl)c2)c1. The van der Waals surface area contributed by atoms with Crippen molar-refractivity contribution in [2.75, 3.05) is 12.8 Å². The van der Waals surface area contributed by atoms with Gasteiger partial charge in [-0.25, -0.2) is 0 Å². The smallest absolute Gasteiger partial charge is 0.253 e. The molecule has 2 aromatic rings. The van der Waals surface area contributed by atoms with E-state index in [-0.39, 0.29) is 11.9 Å². The Morgan fingerprint density at radius 3 is 2.71 bits per heavy atom. The molecule has 0 saturated heterocycles. The normalized spacial score (nSPS) is 11.8. The molecule has 0 aromatic heterocycles. The number of hydrogen-bond donors (Lipinski definition) is 2. The molecule has 3 N–H and O–H groups in total. The Hall–Kier alpha value is -2.20. The molecule has 2 rings (SSSR count). The van der Waals surface area contributed by atoms with Crippen molar-refractivity contribution in [3.05, 3.63) is 58.6 Å². The summed E-state index contributed by atoms with van der Waals surface area (Å²) in [4.78, 5) is 12.3. The molecule has 0 radical (unpaired) electrons. The largest absolute Gasteiger partial charge is 0.497 e. The topological polar surface area (TPSA) is 64.3 Å². The molecule has 21 heavy (non-hydrogen) atoms. The lowest BCUT2D eigenvalue weighted by molar-refractivity contribution is 0.0940. The van der Waals surface area contributed by atoms with Crippen molar-refractivity contribution in [3.63, 3.8) is 0 Å². The minimum absolute atomic E-state index is 0.179. The van der Waals surface area contributed by atoms with E-state index in [1.54, 1.807) is 31.4 Å². The van der Waals surface area contributed by atoms with Crippen molar-refractivity contribution in [3.8, 4) is 5.75 Å². The van der Waals surface area contributed by atoms with E-state index < -0.39 is 0 Å². The number of benzene rings is 2. The average Bonchev–Trinajstić information content (AvgIpc) is 2.47. The van der Waals surface area contributed by atoms with E-state index in [0.717, 1.165) is 5.56 Å². The van der Waals surface area contributed by atoms with Crippen molar-refractivity contribution in [2.24, 2.45) is 0 Å². The third-order valence-corrected chi connectivity index (χ3v) is 3.44. The molecule has 2 aromatic carbocycles. The van der Waals surface area contributed by atoms with Crippen molar-refractivity contribution < 1.29 is 9.53 Å². The van der Waals surface area contributed by atoms with E-state index in [2.05, 4.69) is 5.32 Å². The third-order valence-electron chi connectivity index (χ3n) is 3.20. The lowest BCUT2D eigenvalue weighted by atomic mass is 10.1. The van der Waals surface area contributed by atoms with Crippen LogP contribution in [-0.4, -0.2) is 13.0 Å². The van der Waals surface area contributed by atoms with Crippen molar-refractivity contribution >= 4 is 23.2 Å². The van der Waals surface area contributed by atoms with E-state index in [0.29, 0.717) is 22.0 Å². The minimum atomic E-state index is -0.251. The van der Waals surface area contributed by atoms with Gasteiger partial charge in [0.1, 0.15) is 5.75 Å². The van der Waals surface area contributed by atoms with Crippen LogP contribution in [0.2, 0.25) is 5.02 Å². The number of anilines is 1. The molecule has 0 saturated carbocycles. The van der Waals surface area contributed by atoms with Crippen LogP contribution in [0.25, 0.3) is 0 Å². The molecule has 110 valence electrons. The van der Waals surface area contributed by atoms with Crippen LogP contribution >= 0.6 is 11.6 Å². The maximum atomic E-state index is 12.3. The van der Waals surface area contributed by atoms with E-state index in [9.17, 15) is 4.79 Å². The predicted molar refractivity (Wildman–Crippen MR) is 84.7 cm³/mol. The number of nitrogens with two attached hydrogens (primary N) is 1.